The zero-order valence-corrected chi connectivity index (χ0v) is 11.7. The van der Waals surface area contributed by atoms with E-state index in [1.807, 2.05) is 43.3 Å². The van der Waals surface area contributed by atoms with E-state index in [1.54, 1.807) is 0 Å². The van der Waals surface area contributed by atoms with Crippen LogP contribution in [-0.4, -0.2) is 13.2 Å². The zero-order valence-electron chi connectivity index (χ0n) is 11.7. The molecule has 2 aromatic rings. The van der Waals surface area contributed by atoms with Crippen molar-refractivity contribution in [2.75, 3.05) is 18.5 Å². The Morgan fingerprint density at radius 3 is 2.35 bits per heavy atom. The summed E-state index contributed by atoms with van der Waals surface area (Å²) in [6, 6.07) is 14.7. The molecule has 0 atom stereocenters. The monoisotopic (exact) mass is 273 g/mol. The second-order valence-corrected chi connectivity index (χ2v) is 4.61. The number of aryl methyl sites for hydroxylation is 1. The summed E-state index contributed by atoms with van der Waals surface area (Å²) in [4.78, 5) is 0. The van der Waals surface area contributed by atoms with Crippen LogP contribution in [0.2, 0.25) is 0 Å². The molecule has 2 nitrogen and oxygen atoms in total. The van der Waals surface area contributed by atoms with Crippen LogP contribution in [0.5, 0.6) is 5.75 Å². The molecule has 0 spiro atoms. The first-order chi connectivity index (χ1) is 9.78. The van der Waals surface area contributed by atoms with E-state index < -0.39 is 0 Å². The van der Waals surface area contributed by atoms with Gasteiger partial charge in [0.15, 0.2) is 0 Å². The fourth-order valence-electron chi connectivity index (χ4n) is 2.01. The Bertz CT molecular complexity index is 508. The number of hydrogen-bond donors (Lipinski definition) is 1. The molecule has 106 valence electrons. The molecule has 2 aromatic carbocycles. The van der Waals surface area contributed by atoms with Crippen LogP contribution in [0.4, 0.5) is 10.1 Å². The summed E-state index contributed by atoms with van der Waals surface area (Å²) in [5.74, 6) is 0.714. The summed E-state index contributed by atoms with van der Waals surface area (Å²) in [5, 5.41) is 3.37. The third-order valence-corrected chi connectivity index (χ3v) is 3.05. The van der Waals surface area contributed by atoms with Crippen molar-refractivity contribution < 1.29 is 9.13 Å². The third kappa shape index (κ3) is 4.57. The second kappa shape index (κ2) is 7.53. The van der Waals surface area contributed by atoms with Crippen molar-refractivity contribution in [1.82, 2.24) is 0 Å². The number of halogens is 1. The molecule has 2 rings (SSSR count). The smallest absolute Gasteiger partial charge is 0.123 e. The molecule has 0 unspecified atom stereocenters. The van der Waals surface area contributed by atoms with Gasteiger partial charge in [-0.05, 0) is 61.7 Å². The van der Waals surface area contributed by atoms with Crippen LogP contribution in [0.15, 0.2) is 48.5 Å². The molecule has 0 aliphatic rings. The van der Waals surface area contributed by atoms with E-state index in [9.17, 15) is 4.39 Å². The van der Waals surface area contributed by atoms with Crippen LogP contribution in [0.3, 0.4) is 0 Å². The van der Waals surface area contributed by atoms with Gasteiger partial charge in [-0.15, -0.1) is 0 Å². The van der Waals surface area contributed by atoms with Crippen molar-refractivity contribution in [1.29, 1.82) is 0 Å². The van der Waals surface area contributed by atoms with Crippen LogP contribution >= 0.6 is 0 Å². The maximum atomic E-state index is 12.8. The first kappa shape index (κ1) is 14.4. The Kier molecular flexibility index (Phi) is 5.42. The lowest BCUT2D eigenvalue weighted by Crippen LogP contribution is -2.03. The van der Waals surface area contributed by atoms with Crippen LogP contribution in [-0.2, 0) is 6.42 Å². The van der Waals surface area contributed by atoms with Gasteiger partial charge in [-0.25, -0.2) is 4.39 Å². The summed E-state index contributed by atoms with van der Waals surface area (Å²) in [6.07, 6.45) is 1.96. The van der Waals surface area contributed by atoms with Gasteiger partial charge in [0.05, 0.1) is 6.61 Å². The predicted octanol–water partition coefficient (Wildman–Crippen LogP) is 4.27. The van der Waals surface area contributed by atoms with Gasteiger partial charge in [-0.3, -0.25) is 0 Å². The molecule has 0 fully saturated rings. The van der Waals surface area contributed by atoms with Crippen molar-refractivity contribution in [2.24, 2.45) is 0 Å². The molecule has 0 heterocycles. The number of anilines is 1. The average molecular weight is 273 g/mol. The maximum absolute atomic E-state index is 12.8. The minimum atomic E-state index is -0.179. The SMILES string of the molecule is CCOc1ccc(NCCCc2ccc(F)cc2)cc1. The molecule has 20 heavy (non-hydrogen) atoms. The van der Waals surface area contributed by atoms with Gasteiger partial charge < -0.3 is 10.1 Å². The highest BCUT2D eigenvalue weighted by molar-refractivity contribution is 5.46. The number of nitrogens with one attached hydrogen (secondary N) is 1. The first-order valence-electron chi connectivity index (χ1n) is 6.99. The standard InChI is InChI=1S/C17H20FNO/c1-2-20-17-11-9-16(10-12-17)19-13-3-4-14-5-7-15(18)8-6-14/h5-12,19H,2-4,13H2,1H3. The normalized spacial score (nSPS) is 10.3. The molecule has 0 bridgehead atoms. The Labute approximate surface area is 119 Å². The summed E-state index contributed by atoms with van der Waals surface area (Å²) >= 11 is 0. The molecule has 0 saturated carbocycles. The van der Waals surface area contributed by atoms with Crippen molar-refractivity contribution in [3.63, 3.8) is 0 Å². The Balaban J connectivity index is 1.71. The Hall–Kier alpha value is -2.03. The lowest BCUT2D eigenvalue weighted by Gasteiger charge is -2.08. The van der Waals surface area contributed by atoms with E-state index in [2.05, 4.69) is 5.32 Å². The van der Waals surface area contributed by atoms with Crippen molar-refractivity contribution >= 4 is 5.69 Å². The number of ether oxygens (including phenoxy) is 1. The Morgan fingerprint density at radius 2 is 1.70 bits per heavy atom. The fourth-order valence-corrected chi connectivity index (χ4v) is 2.01. The van der Waals surface area contributed by atoms with E-state index in [0.717, 1.165) is 30.8 Å². The largest absolute Gasteiger partial charge is 0.494 e. The fraction of sp³-hybridized carbons (Fsp3) is 0.294. The first-order valence-corrected chi connectivity index (χ1v) is 6.99. The second-order valence-electron chi connectivity index (χ2n) is 4.61. The summed E-state index contributed by atoms with van der Waals surface area (Å²) < 4.78 is 18.2. The van der Waals surface area contributed by atoms with Crippen LogP contribution in [0.25, 0.3) is 0 Å². The lowest BCUT2D eigenvalue weighted by molar-refractivity contribution is 0.340. The van der Waals surface area contributed by atoms with Crippen LogP contribution in [0.1, 0.15) is 18.9 Å². The molecule has 0 radical (unpaired) electrons. The van der Waals surface area contributed by atoms with Gasteiger partial charge in [-0.1, -0.05) is 12.1 Å². The zero-order chi connectivity index (χ0) is 14.2. The van der Waals surface area contributed by atoms with Gasteiger partial charge in [-0.2, -0.15) is 0 Å². The van der Waals surface area contributed by atoms with Crippen molar-refractivity contribution in [2.45, 2.75) is 19.8 Å². The number of rotatable bonds is 7. The van der Waals surface area contributed by atoms with E-state index in [1.165, 1.54) is 17.7 Å². The molecular weight excluding hydrogens is 253 g/mol. The minimum absolute atomic E-state index is 0.179. The highest BCUT2D eigenvalue weighted by Gasteiger charge is 1.96. The predicted molar refractivity (Wildman–Crippen MR) is 80.8 cm³/mol. The van der Waals surface area contributed by atoms with Crippen molar-refractivity contribution in [3.8, 4) is 5.75 Å². The van der Waals surface area contributed by atoms with Crippen LogP contribution < -0.4 is 10.1 Å². The molecule has 1 N–H and O–H groups in total. The van der Waals surface area contributed by atoms with E-state index in [-0.39, 0.29) is 5.82 Å². The van der Waals surface area contributed by atoms with Crippen molar-refractivity contribution in [3.05, 3.63) is 59.9 Å². The quantitative estimate of drug-likeness (QED) is 0.761. The number of hydrogen-bond acceptors (Lipinski definition) is 2. The van der Waals surface area contributed by atoms with E-state index >= 15 is 0 Å². The van der Waals surface area contributed by atoms with Gasteiger partial charge in [0.25, 0.3) is 0 Å². The minimum Gasteiger partial charge on any atom is -0.494 e. The number of benzene rings is 2. The molecule has 0 aromatic heterocycles. The molecule has 0 amide bonds. The maximum Gasteiger partial charge on any atom is 0.123 e. The van der Waals surface area contributed by atoms with Gasteiger partial charge in [0.1, 0.15) is 11.6 Å². The summed E-state index contributed by atoms with van der Waals surface area (Å²) in [5.41, 5.74) is 2.26. The molecular formula is C17H20FNO. The summed E-state index contributed by atoms with van der Waals surface area (Å²) in [6.45, 7) is 3.55. The van der Waals surface area contributed by atoms with E-state index in [4.69, 9.17) is 4.74 Å². The Morgan fingerprint density at radius 1 is 1.00 bits per heavy atom. The highest BCUT2D eigenvalue weighted by Crippen LogP contribution is 2.15. The lowest BCUT2D eigenvalue weighted by atomic mass is 10.1. The van der Waals surface area contributed by atoms with Gasteiger partial charge in [0, 0.05) is 12.2 Å². The van der Waals surface area contributed by atoms with Crippen LogP contribution in [0, 0.1) is 5.82 Å². The molecule has 3 heteroatoms. The topological polar surface area (TPSA) is 21.3 Å². The molecule has 0 aliphatic carbocycles. The van der Waals surface area contributed by atoms with Gasteiger partial charge >= 0.3 is 0 Å². The molecule has 0 saturated heterocycles. The molecule has 0 aliphatic heterocycles. The third-order valence-electron chi connectivity index (χ3n) is 3.05. The van der Waals surface area contributed by atoms with E-state index in [0.29, 0.717) is 6.61 Å². The van der Waals surface area contributed by atoms with Gasteiger partial charge in [0.2, 0.25) is 0 Å². The average Bonchev–Trinajstić information content (AvgIpc) is 2.47. The highest BCUT2D eigenvalue weighted by atomic mass is 19.1. The summed E-state index contributed by atoms with van der Waals surface area (Å²) in [7, 11) is 0.